The van der Waals surface area contributed by atoms with Crippen LogP contribution in [-0.2, 0) is 9.53 Å². The first kappa shape index (κ1) is 10.7. The van der Waals surface area contributed by atoms with E-state index in [4.69, 9.17) is 10.5 Å². The fourth-order valence-electron chi connectivity index (χ4n) is 1.78. The second-order valence-corrected chi connectivity index (χ2v) is 4.05. The topological polar surface area (TPSA) is 52.3 Å². The lowest BCUT2D eigenvalue weighted by molar-refractivity contribution is -0.127. The summed E-state index contributed by atoms with van der Waals surface area (Å²) in [5, 5.41) is 0. The smallest absolute Gasteiger partial charge is 0.142 e. The first-order chi connectivity index (χ1) is 6.16. The summed E-state index contributed by atoms with van der Waals surface area (Å²) in [5.74, 6) is 0.774. The lowest BCUT2D eigenvalue weighted by Gasteiger charge is -2.20. The van der Waals surface area contributed by atoms with Gasteiger partial charge in [-0.3, -0.25) is 4.79 Å². The molecule has 1 heterocycles. The molecule has 3 heteroatoms. The van der Waals surface area contributed by atoms with Crippen LogP contribution in [0.25, 0.3) is 0 Å². The van der Waals surface area contributed by atoms with Gasteiger partial charge in [-0.2, -0.15) is 0 Å². The summed E-state index contributed by atoms with van der Waals surface area (Å²) in [7, 11) is 0. The highest BCUT2D eigenvalue weighted by molar-refractivity contribution is 5.84. The Hall–Kier alpha value is -0.410. The van der Waals surface area contributed by atoms with Gasteiger partial charge in [-0.15, -0.1) is 0 Å². The number of carbonyl (C=O) groups is 1. The van der Waals surface area contributed by atoms with Crippen molar-refractivity contribution in [2.24, 2.45) is 23.5 Å². The molecule has 2 N–H and O–H groups in total. The van der Waals surface area contributed by atoms with Crippen molar-refractivity contribution in [3.05, 3.63) is 0 Å². The highest BCUT2D eigenvalue weighted by Gasteiger charge is 2.30. The Labute approximate surface area is 79.6 Å². The molecule has 1 fully saturated rings. The maximum Gasteiger partial charge on any atom is 0.142 e. The minimum atomic E-state index is 0.0201. The van der Waals surface area contributed by atoms with Crippen molar-refractivity contribution in [2.75, 3.05) is 19.8 Å². The van der Waals surface area contributed by atoms with Gasteiger partial charge < -0.3 is 10.5 Å². The molecule has 76 valence electrons. The van der Waals surface area contributed by atoms with Gasteiger partial charge in [0.1, 0.15) is 5.78 Å². The summed E-state index contributed by atoms with van der Waals surface area (Å²) in [4.78, 5) is 11.9. The number of rotatable bonds is 4. The van der Waals surface area contributed by atoms with Gasteiger partial charge in [0.2, 0.25) is 0 Å². The van der Waals surface area contributed by atoms with Gasteiger partial charge in [-0.1, -0.05) is 13.8 Å². The fraction of sp³-hybridized carbons (Fsp3) is 0.900. The summed E-state index contributed by atoms with van der Waals surface area (Å²) in [6.45, 7) is 5.89. The van der Waals surface area contributed by atoms with Gasteiger partial charge in [-0.05, 0) is 12.3 Å². The van der Waals surface area contributed by atoms with E-state index in [9.17, 15) is 4.79 Å². The molecular weight excluding hydrogens is 166 g/mol. The molecule has 13 heavy (non-hydrogen) atoms. The molecule has 0 radical (unpaired) electrons. The van der Waals surface area contributed by atoms with E-state index in [1.165, 1.54) is 0 Å². The van der Waals surface area contributed by atoms with Crippen LogP contribution in [0.4, 0.5) is 0 Å². The van der Waals surface area contributed by atoms with Crippen molar-refractivity contribution >= 4 is 5.78 Å². The van der Waals surface area contributed by atoms with Gasteiger partial charge >= 0.3 is 0 Å². The van der Waals surface area contributed by atoms with Crippen LogP contribution < -0.4 is 5.73 Å². The Morgan fingerprint density at radius 2 is 2.31 bits per heavy atom. The van der Waals surface area contributed by atoms with Crippen LogP contribution in [0.2, 0.25) is 0 Å². The van der Waals surface area contributed by atoms with Gasteiger partial charge in [0, 0.05) is 25.0 Å². The summed E-state index contributed by atoms with van der Waals surface area (Å²) in [5.41, 5.74) is 5.58. The molecule has 1 aliphatic heterocycles. The van der Waals surface area contributed by atoms with E-state index in [0.717, 1.165) is 13.0 Å². The Morgan fingerprint density at radius 1 is 1.62 bits per heavy atom. The molecule has 1 aliphatic rings. The molecule has 2 atom stereocenters. The molecule has 0 aromatic carbocycles. The van der Waals surface area contributed by atoms with Gasteiger partial charge in [0.05, 0.1) is 6.61 Å². The summed E-state index contributed by atoms with van der Waals surface area (Å²) >= 11 is 0. The van der Waals surface area contributed by atoms with E-state index in [2.05, 4.69) is 0 Å². The van der Waals surface area contributed by atoms with E-state index < -0.39 is 0 Å². The Kier molecular flexibility index (Phi) is 3.88. The number of nitrogens with two attached hydrogens (primary N) is 1. The molecule has 1 saturated heterocycles. The van der Waals surface area contributed by atoms with E-state index in [0.29, 0.717) is 24.9 Å². The number of hydrogen-bond acceptors (Lipinski definition) is 3. The average molecular weight is 185 g/mol. The van der Waals surface area contributed by atoms with Crippen LogP contribution in [-0.4, -0.2) is 25.5 Å². The molecule has 2 unspecified atom stereocenters. The predicted octanol–water partition coefficient (Wildman–Crippen LogP) is 0.823. The van der Waals surface area contributed by atoms with Crippen molar-refractivity contribution in [1.29, 1.82) is 0 Å². The lowest BCUT2D eigenvalue weighted by Crippen LogP contribution is -2.33. The third-order valence-corrected chi connectivity index (χ3v) is 2.76. The van der Waals surface area contributed by atoms with Crippen LogP contribution in [0.5, 0.6) is 0 Å². The van der Waals surface area contributed by atoms with Gasteiger partial charge in [0.25, 0.3) is 0 Å². The largest absolute Gasteiger partial charge is 0.381 e. The van der Waals surface area contributed by atoms with Crippen molar-refractivity contribution in [3.63, 3.8) is 0 Å². The zero-order valence-electron chi connectivity index (χ0n) is 8.45. The SMILES string of the molecule is CC(C)C(CN)C(=O)C1CCOC1. The number of ketones is 1. The second-order valence-electron chi connectivity index (χ2n) is 4.05. The van der Waals surface area contributed by atoms with Gasteiger partial charge in [0.15, 0.2) is 0 Å². The number of Topliss-reactive ketones (excluding diaryl/α,β-unsaturated/α-hetero) is 1. The molecule has 0 aromatic heterocycles. The first-order valence-corrected chi connectivity index (χ1v) is 4.98. The van der Waals surface area contributed by atoms with E-state index >= 15 is 0 Å². The molecule has 3 nitrogen and oxygen atoms in total. The van der Waals surface area contributed by atoms with E-state index in [1.54, 1.807) is 0 Å². The standard InChI is InChI=1S/C10H19NO2/c1-7(2)9(5-11)10(12)8-3-4-13-6-8/h7-9H,3-6,11H2,1-2H3. The summed E-state index contributed by atoms with van der Waals surface area (Å²) in [6, 6.07) is 0. The molecule has 0 bridgehead atoms. The Morgan fingerprint density at radius 3 is 2.69 bits per heavy atom. The van der Waals surface area contributed by atoms with Crippen molar-refractivity contribution in [3.8, 4) is 0 Å². The zero-order chi connectivity index (χ0) is 9.84. The zero-order valence-corrected chi connectivity index (χ0v) is 8.45. The molecule has 1 rings (SSSR count). The molecule has 0 aliphatic carbocycles. The molecule has 0 aromatic rings. The molecule has 0 saturated carbocycles. The molecule has 0 spiro atoms. The molecule has 0 amide bonds. The second kappa shape index (κ2) is 4.72. The average Bonchev–Trinajstić information content (AvgIpc) is 2.56. The third-order valence-electron chi connectivity index (χ3n) is 2.76. The quantitative estimate of drug-likeness (QED) is 0.705. The molecular formula is C10H19NO2. The van der Waals surface area contributed by atoms with Gasteiger partial charge in [-0.25, -0.2) is 0 Å². The number of carbonyl (C=O) groups excluding carboxylic acids is 1. The monoisotopic (exact) mass is 185 g/mol. The Bertz CT molecular complexity index is 174. The van der Waals surface area contributed by atoms with Crippen LogP contribution in [0.1, 0.15) is 20.3 Å². The van der Waals surface area contributed by atoms with Crippen LogP contribution >= 0.6 is 0 Å². The van der Waals surface area contributed by atoms with E-state index in [-0.39, 0.29) is 11.8 Å². The Balaban J connectivity index is 2.52. The highest BCUT2D eigenvalue weighted by atomic mass is 16.5. The maximum absolute atomic E-state index is 11.9. The fourth-order valence-corrected chi connectivity index (χ4v) is 1.78. The normalized spacial score (nSPS) is 25.1. The maximum atomic E-state index is 11.9. The third kappa shape index (κ3) is 2.51. The predicted molar refractivity (Wildman–Crippen MR) is 51.3 cm³/mol. The van der Waals surface area contributed by atoms with Crippen molar-refractivity contribution < 1.29 is 9.53 Å². The van der Waals surface area contributed by atoms with Crippen LogP contribution in [0, 0.1) is 17.8 Å². The van der Waals surface area contributed by atoms with Crippen molar-refractivity contribution in [1.82, 2.24) is 0 Å². The summed E-state index contributed by atoms with van der Waals surface area (Å²) in [6.07, 6.45) is 0.877. The number of hydrogen-bond donors (Lipinski definition) is 1. The van der Waals surface area contributed by atoms with Crippen molar-refractivity contribution in [2.45, 2.75) is 20.3 Å². The van der Waals surface area contributed by atoms with E-state index in [1.807, 2.05) is 13.8 Å². The van der Waals surface area contributed by atoms with Crippen LogP contribution in [0.15, 0.2) is 0 Å². The lowest BCUT2D eigenvalue weighted by atomic mass is 9.85. The summed E-state index contributed by atoms with van der Waals surface area (Å²) < 4.78 is 5.19. The minimum Gasteiger partial charge on any atom is -0.381 e. The number of ether oxygens (including phenoxy) is 1. The first-order valence-electron chi connectivity index (χ1n) is 4.98. The highest BCUT2D eigenvalue weighted by Crippen LogP contribution is 2.21. The van der Waals surface area contributed by atoms with Crippen LogP contribution in [0.3, 0.4) is 0 Å². The minimum absolute atomic E-state index is 0.0201.